The molecule has 0 radical (unpaired) electrons. The minimum atomic E-state index is -3.38. The average Bonchev–Trinajstić information content (AvgIpc) is 2.24. The van der Waals surface area contributed by atoms with E-state index in [1.165, 1.54) is 0 Å². The van der Waals surface area contributed by atoms with E-state index >= 15 is 0 Å². The van der Waals surface area contributed by atoms with Crippen molar-refractivity contribution >= 4 is 33.2 Å². The molecule has 0 aliphatic heterocycles. The predicted molar refractivity (Wildman–Crippen MR) is 78.3 cm³/mol. The maximum absolute atomic E-state index is 10.8. The SMILES string of the molecule is CC(CCOc1cc(Cl)cc(Cl)c1)CCS(N)(=O)=O. The van der Waals surface area contributed by atoms with Gasteiger partial charge in [-0.1, -0.05) is 30.1 Å². The fourth-order valence-corrected chi connectivity index (χ4v) is 2.74. The highest BCUT2D eigenvalue weighted by atomic mass is 35.5. The Balaban J connectivity index is 2.33. The van der Waals surface area contributed by atoms with Crippen molar-refractivity contribution in [2.75, 3.05) is 12.4 Å². The molecule has 7 heteroatoms. The summed E-state index contributed by atoms with van der Waals surface area (Å²) >= 11 is 11.7. The highest BCUT2D eigenvalue weighted by molar-refractivity contribution is 7.89. The van der Waals surface area contributed by atoms with Crippen molar-refractivity contribution in [2.45, 2.75) is 19.8 Å². The van der Waals surface area contributed by atoms with Gasteiger partial charge < -0.3 is 4.74 Å². The summed E-state index contributed by atoms with van der Waals surface area (Å²) in [6, 6.07) is 5.00. The lowest BCUT2D eigenvalue weighted by Gasteiger charge is -2.12. The van der Waals surface area contributed by atoms with E-state index in [1.807, 2.05) is 6.92 Å². The molecule has 0 heterocycles. The van der Waals surface area contributed by atoms with Gasteiger partial charge in [0.05, 0.1) is 12.4 Å². The van der Waals surface area contributed by atoms with Crippen LogP contribution in [0.2, 0.25) is 10.0 Å². The lowest BCUT2D eigenvalue weighted by Crippen LogP contribution is -2.18. The van der Waals surface area contributed by atoms with Gasteiger partial charge in [0.25, 0.3) is 0 Å². The van der Waals surface area contributed by atoms with Gasteiger partial charge in [-0.3, -0.25) is 0 Å². The Labute approximate surface area is 123 Å². The van der Waals surface area contributed by atoms with Crippen LogP contribution < -0.4 is 9.88 Å². The summed E-state index contributed by atoms with van der Waals surface area (Å²) in [4.78, 5) is 0. The summed E-state index contributed by atoms with van der Waals surface area (Å²) in [7, 11) is -3.38. The van der Waals surface area contributed by atoms with E-state index < -0.39 is 10.0 Å². The maximum atomic E-state index is 10.8. The van der Waals surface area contributed by atoms with Gasteiger partial charge in [-0.25, -0.2) is 13.6 Å². The van der Waals surface area contributed by atoms with Crippen LogP contribution in [0, 0.1) is 5.92 Å². The second-order valence-corrected chi connectivity index (χ2v) is 7.11. The van der Waals surface area contributed by atoms with Gasteiger partial charge in [0, 0.05) is 10.0 Å². The Morgan fingerprint density at radius 1 is 1.21 bits per heavy atom. The Hall–Kier alpha value is -0.490. The largest absolute Gasteiger partial charge is 0.493 e. The number of nitrogens with two attached hydrogens (primary N) is 1. The number of primary sulfonamides is 1. The van der Waals surface area contributed by atoms with Crippen molar-refractivity contribution in [3.8, 4) is 5.75 Å². The third-order valence-corrected chi connectivity index (χ3v) is 3.85. The Bertz CT molecular complexity index is 499. The fraction of sp³-hybridized carbons (Fsp3) is 0.500. The second kappa shape index (κ2) is 7.33. The molecule has 0 bridgehead atoms. The number of halogens is 2. The van der Waals surface area contributed by atoms with E-state index in [9.17, 15) is 8.42 Å². The van der Waals surface area contributed by atoms with E-state index in [0.29, 0.717) is 28.8 Å². The topological polar surface area (TPSA) is 69.4 Å². The van der Waals surface area contributed by atoms with Crippen molar-refractivity contribution in [1.82, 2.24) is 0 Å². The number of hydrogen-bond donors (Lipinski definition) is 1. The molecule has 1 unspecified atom stereocenters. The summed E-state index contributed by atoms with van der Waals surface area (Å²) in [6.45, 7) is 2.43. The van der Waals surface area contributed by atoms with Crippen LogP contribution in [0.15, 0.2) is 18.2 Å². The van der Waals surface area contributed by atoms with Gasteiger partial charge in [-0.05, 0) is 37.0 Å². The molecule has 2 N–H and O–H groups in total. The predicted octanol–water partition coefficient (Wildman–Crippen LogP) is 3.08. The summed E-state index contributed by atoms with van der Waals surface area (Å²) < 4.78 is 27.2. The first-order valence-corrected chi connectivity index (χ1v) is 8.33. The average molecular weight is 326 g/mol. The van der Waals surface area contributed by atoms with E-state index in [0.717, 1.165) is 6.42 Å². The second-order valence-electron chi connectivity index (χ2n) is 4.50. The minimum Gasteiger partial charge on any atom is -0.493 e. The standard InChI is InChI=1S/C12H17Cl2NO3S/c1-9(3-5-19(15,16)17)2-4-18-12-7-10(13)6-11(14)8-12/h6-9H,2-5H2,1H3,(H2,15,16,17). The number of hydrogen-bond acceptors (Lipinski definition) is 3. The Morgan fingerprint density at radius 2 is 1.79 bits per heavy atom. The van der Waals surface area contributed by atoms with Crippen LogP contribution in [0.5, 0.6) is 5.75 Å². The maximum Gasteiger partial charge on any atom is 0.209 e. The number of benzene rings is 1. The smallest absolute Gasteiger partial charge is 0.209 e. The summed E-state index contributed by atoms with van der Waals surface area (Å²) in [5, 5.41) is 5.99. The third-order valence-electron chi connectivity index (χ3n) is 2.61. The van der Waals surface area contributed by atoms with Crippen molar-refractivity contribution in [3.63, 3.8) is 0 Å². The molecule has 0 amide bonds. The van der Waals surface area contributed by atoms with Crippen LogP contribution in [0.1, 0.15) is 19.8 Å². The van der Waals surface area contributed by atoms with E-state index in [2.05, 4.69) is 0 Å². The molecule has 4 nitrogen and oxygen atoms in total. The van der Waals surface area contributed by atoms with Crippen LogP contribution >= 0.6 is 23.2 Å². The van der Waals surface area contributed by atoms with E-state index in [4.69, 9.17) is 33.1 Å². The molecule has 1 atom stereocenters. The lowest BCUT2D eigenvalue weighted by molar-refractivity contribution is 0.282. The normalized spacial score (nSPS) is 13.3. The first-order valence-electron chi connectivity index (χ1n) is 5.85. The molecule has 0 aliphatic carbocycles. The molecule has 1 rings (SSSR count). The molecule has 0 fully saturated rings. The lowest BCUT2D eigenvalue weighted by atomic mass is 10.1. The van der Waals surface area contributed by atoms with Gasteiger partial charge in [0.15, 0.2) is 0 Å². The van der Waals surface area contributed by atoms with Gasteiger partial charge in [-0.15, -0.1) is 0 Å². The Kier molecular flexibility index (Phi) is 6.39. The first kappa shape index (κ1) is 16.6. The van der Waals surface area contributed by atoms with Crippen LogP contribution in [0.25, 0.3) is 0 Å². The van der Waals surface area contributed by atoms with Crippen LogP contribution in [0.3, 0.4) is 0 Å². The van der Waals surface area contributed by atoms with Gasteiger partial charge >= 0.3 is 0 Å². The first-order chi connectivity index (χ1) is 8.76. The zero-order chi connectivity index (χ0) is 14.5. The van der Waals surface area contributed by atoms with Crippen molar-refractivity contribution in [1.29, 1.82) is 0 Å². The van der Waals surface area contributed by atoms with Crippen molar-refractivity contribution in [2.24, 2.45) is 11.1 Å². The molecule has 108 valence electrons. The fourth-order valence-electron chi connectivity index (χ4n) is 1.50. The molecule has 1 aromatic rings. The molecule has 0 saturated heterocycles. The van der Waals surface area contributed by atoms with Crippen LogP contribution in [0.4, 0.5) is 0 Å². The highest BCUT2D eigenvalue weighted by Gasteiger charge is 2.08. The third kappa shape index (κ3) is 7.62. The summed E-state index contributed by atoms with van der Waals surface area (Å²) in [5.41, 5.74) is 0. The monoisotopic (exact) mass is 325 g/mol. The minimum absolute atomic E-state index is 0.00282. The quantitative estimate of drug-likeness (QED) is 0.837. The number of sulfonamides is 1. The molecular weight excluding hydrogens is 309 g/mol. The van der Waals surface area contributed by atoms with Gasteiger partial charge in [-0.2, -0.15) is 0 Å². The molecule has 19 heavy (non-hydrogen) atoms. The molecular formula is C12H17Cl2NO3S. The van der Waals surface area contributed by atoms with Crippen molar-refractivity contribution in [3.05, 3.63) is 28.2 Å². The van der Waals surface area contributed by atoms with E-state index in [-0.39, 0.29) is 11.7 Å². The van der Waals surface area contributed by atoms with Gasteiger partial charge in [0.2, 0.25) is 10.0 Å². The zero-order valence-electron chi connectivity index (χ0n) is 10.6. The highest BCUT2D eigenvalue weighted by Crippen LogP contribution is 2.24. The molecule has 1 aromatic carbocycles. The molecule has 0 spiro atoms. The van der Waals surface area contributed by atoms with E-state index in [1.54, 1.807) is 18.2 Å². The molecule has 0 aliphatic rings. The molecule has 0 aromatic heterocycles. The van der Waals surface area contributed by atoms with Crippen LogP contribution in [-0.4, -0.2) is 20.8 Å². The Morgan fingerprint density at radius 3 is 2.32 bits per heavy atom. The number of ether oxygens (including phenoxy) is 1. The summed E-state index contributed by atoms with van der Waals surface area (Å²) in [6.07, 6.45) is 1.26. The van der Waals surface area contributed by atoms with Crippen LogP contribution in [-0.2, 0) is 10.0 Å². The van der Waals surface area contributed by atoms with Gasteiger partial charge in [0.1, 0.15) is 5.75 Å². The number of rotatable bonds is 7. The van der Waals surface area contributed by atoms with Crippen molar-refractivity contribution < 1.29 is 13.2 Å². The molecule has 0 saturated carbocycles. The summed E-state index contributed by atoms with van der Waals surface area (Å²) in [5.74, 6) is 0.820. The zero-order valence-corrected chi connectivity index (χ0v) is 12.9.